The first-order chi connectivity index (χ1) is 14.4. The highest BCUT2D eigenvalue weighted by atomic mass is 35.5. The van der Waals surface area contributed by atoms with E-state index in [4.69, 9.17) is 28.2 Å². The SMILES string of the molecule is Cc1ncc(-c2ccncc2C)c([C@@H]2CCCN2C(=O)Cc2ccc(Cl)c(Cl)c2)n1. The van der Waals surface area contributed by atoms with Crippen molar-refractivity contribution in [3.8, 4) is 11.1 Å². The van der Waals surface area contributed by atoms with Crippen LogP contribution in [0.4, 0.5) is 0 Å². The number of likely N-dealkylation sites (tertiary alicyclic amines) is 1. The Morgan fingerprint density at radius 2 is 1.97 bits per heavy atom. The Hall–Kier alpha value is -2.50. The molecule has 1 aromatic carbocycles. The van der Waals surface area contributed by atoms with Crippen LogP contribution in [0.3, 0.4) is 0 Å². The summed E-state index contributed by atoms with van der Waals surface area (Å²) in [5, 5.41) is 0.947. The van der Waals surface area contributed by atoms with Gasteiger partial charge in [0.25, 0.3) is 0 Å². The molecule has 1 aliphatic rings. The minimum atomic E-state index is -0.0791. The number of benzene rings is 1. The van der Waals surface area contributed by atoms with Crippen LogP contribution >= 0.6 is 23.2 Å². The highest BCUT2D eigenvalue weighted by Crippen LogP contribution is 2.37. The second-order valence-electron chi connectivity index (χ2n) is 7.58. The van der Waals surface area contributed by atoms with Gasteiger partial charge in [-0.25, -0.2) is 9.97 Å². The van der Waals surface area contributed by atoms with E-state index in [2.05, 4.69) is 9.97 Å². The predicted molar refractivity (Wildman–Crippen MR) is 119 cm³/mol. The number of hydrogen-bond acceptors (Lipinski definition) is 4. The first kappa shape index (κ1) is 20.8. The van der Waals surface area contributed by atoms with E-state index in [1.807, 2.05) is 43.3 Å². The largest absolute Gasteiger partial charge is 0.334 e. The van der Waals surface area contributed by atoms with Crippen LogP contribution in [0, 0.1) is 13.8 Å². The predicted octanol–water partition coefficient (Wildman–Crippen LogP) is 5.37. The molecule has 0 spiro atoms. The zero-order valence-electron chi connectivity index (χ0n) is 16.9. The Kier molecular flexibility index (Phi) is 6.02. The molecule has 0 aliphatic carbocycles. The molecule has 1 aliphatic heterocycles. The molecule has 154 valence electrons. The first-order valence-electron chi connectivity index (χ1n) is 9.92. The van der Waals surface area contributed by atoms with Gasteiger partial charge in [-0.15, -0.1) is 0 Å². The van der Waals surface area contributed by atoms with Crippen LogP contribution in [-0.4, -0.2) is 32.3 Å². The van der Waals surface area contributed by atoms with Crippen LogP contribution < -0.4 is 0 Å². The van der Waals surface area contributed by atoms with E-state index in [1.54, 1.807) is 18.3 Å². The molecule has 1 saturated heterocycles. The van der Waals surface area contributed by atoms with Crippen LogP contribution in [0.2, 0.25) is 10.0 Å². The summed E-state index contributed by atoms with van der Waals surface area (Å²) in [6, 6.07) is 7.23. The highest BCUT2D eigenvalue weighted by Gasteiger charge is 2.33. The van der Waals surface area contributed by atoms with Crippen molar-refractivity contribution in [3.63, 3.8) is 0 Å². The number of hydrogen-bond donors (Lipinski definition) is 0. The molecule has 2 aromatic heterocycles. The second kappa shape index (κ2) is 8.70. The quantitative estimate of drug-likeness (QED) is 0.546. The second-order valence-corrected chi connectivity index (χ2v) is 8.39. The monoisotopic (exact) mass is 440 g/mol. The van der Waals surface area contributed by atoms with Crippen molar-refractivity contribution in [1.82, 2.24) is 19.9 Å². The van der Waals surface area contributed by atoms with Crippen LogP contribution in [0.25, 0.3) is 11.1 Å². The van der Waals surface area contributed by atoms with E-state index in [1.165, 1.54) is 0 Å². The minimum Gasteiger partial charge on any atom is -0.334 e. The van der Waals surface area contributed by atoms with Crippen molar-refractivity contribution in [2.24, 2.45) is 0 Å². The lowest BCUT2D eigenvalue weighted by atomic mass is 9.97. The fraction of sp³-hybridized carbons (Fsp3) is 0.304. The van der Waals surface area contributed by atoms with Gasteiger partial charge in [0, 0.05) is 30.7 Å². The Bertz CT molecular complexity index is 1100. The molecule has 7 heteroatoms. The normalized spacial score (nSPS) is 16.1. The number of carbonyl (C=O) groups is 1. The Morgan fingerprint density at radius 3 is 2.73 bits per heavy atom. The summed E-state index contributed by atoms with van der Waals surface area (Å²) in [6.07, 6.45) is 7.56. The number of pyridine rings is 1. The smallest absolute Gasteiger partial charge is 0.227 e. The summed E-state index contributed by atoms with van der Waals surface area (Å²) in [6.45, 7) is 4.61. The topological polar surface area (TPSA) is 59.0 Å². The number of nitrogens with zero attached hydrogens (tertiary/aromatic N) is 4. The van der Waals surface area contributed by atoms with Gasteiger partial charge in [-0.1, -0.05) is 29.3 Å². The molecule has 3 heterocycles. The van der Waals surface area contributed by atoms with Crippen molar-refractivity contribution in [1.29, 1.82) is 0 Å². The first-order valence-corrected chi connectivity index (χ1v) is 10.7. The third kappa shape index (κ3) is 4.18. The molecular weight excluding hydrogens is 419 g/mol. The van der Waals surface area contributed by atoms with Gasteiger partial charge in [0.15, 0.2) is 0 Å². The van der Waals surface area contributed by atoms with Gasteiger partial charge in [0.2, 0.25) is 5.91 Å². The molecule has 3 aromatic rings. The van der Waals surface area contributed by atoms with Crippen molar-refractivity contribution in [2.75, 3.05) is 6.54 Å². The summed E-state index contributed by atoms with van der Waals surface area (Å²) in [5.74, 6) is 0.758. The highest BCUT2D eigenvalue weighted by molar-refractivity contribution is 6.42. The lowest BCUT2D eigenvalue weighted by Gasteiger charge is -2.26. The third-order valence-electron chi connectivity index (χ3n) is 5.48. The van der Waals surface area contributed by atoms with Crippen LogP contribution in [0.15, 0.2) is 42.9 Å². The van der Waals surface area contributed by atoms with E-state index < -0.39 is 0 Å². The van der Waals surface area contributed by atoms with Gasteiger partial charge < -0.3 is 4.90 Å². The zero-order valence-corrected chi connectivity index (χ0v) is 18.4. The van der Waals surface area contributed by atoms with E-state index >= 15 is 0 Å². The summed E-state index contributed by atoms with van der Waals surface area (Å²) in [4.78, 5) is 28.5. The molecule has 0 saturated carbocycles. The van der Waals surface area contributed by atoms with Crippen molar-refractivity contribution < 1.29 is 4.79 Å². The standard InChI is InChI=1S/C23H22Cl2N4O/c1-14-12-26-8-7-17(14)18-13-27-15(2)28-23(18)21-4-3-9-29(21)22(30)11-16-5-6-19(24)20(25)10-16/h5-8,10,12-13,21H,3-4,9,11H2,1-2H3/t21-/m0/s1. The van der Waals surface area contributed by atoms with E-state index in [0.29, 0.717) is 22.4 Å². The summed E-state index contributed by atoms with van der Waals surface area (Å²) >= 11 is 12.1. The van der Waals surface area contributed by atoms with Gasteiger partial charge in [0.1, 0.15) is 5.82 Å². The average Bonchev–Trinajstić information content (AvgIpc) is 3.21. The number of amides is 1. The minimum absolute atomic E-state index is 0.0598. The van der Waals surface area contributed by atoms with Crippen LogP contribution in [-0.2, 0) is 11.2 Å². The molecule has 1 amide bonds. The number of halogens is 2. The Morgan fingerprint density at radius 1 is 1.13 bits per heavy atom. The van der Waals surface area contributed by atoms with Crippen LogP contribution in [0.1, 0.15) is 41.5 Å². The molecule has 0 bridgehead atoms. The molecule has 0 radical (unpaired) electrons. The number of aromatic nitrogens is 3. The summed E-state index contributed by atoms with van der Waals surface area (Å²) in [7, 11) is 0. The lowest BCUT2D eigenvalue weighted by molar-refractivity contribution is -0.131. The lowest BCUT2D eigenvalue weighted by Crippen LogP contribution is -2.32. The average molecular weight is 441 g/mol. The van der Waals surface area contributed by atoms with E-state index in [-0.39, 0.29) is 18.4 Å². The summed E-state index contributed by atoms with van der Waals surface area (Å²) in [5.41, 5.74) is 4.81. The van der Waals surface area contributed by atoms with E-state index in [0.717, 1.165) is 40.8 Å². The van der Waals surface area contributed by atoms with Crippen molar-refractivity contribution in [2.45, 2.75) is 39.2 Å². The van der Waals surface area contributed by atoms with Gasteiger partial charge >= 0.3 is 0 Å². The fourth-order valence-electron chi connectivity index (χ4n) is 4.00. The third-order valence-corrected chi connectivity index (χ3v) is 6.22. The van der Waals surface area contributed by atoms with E-state index in [9.17, 15) is 4.79 Å². The fourth-order valence-corrected chi connectivity index (χ4v) is 4.32. The van der Waals surface area contributed by atoms with Crippen molar-refractivity contribution >= 4 is 29.1 Å². The van der Waals surface area contributed by atoms with Gasteiger partial charge in [-0.2, -0.15) is 0 Å². The molecular formula is C23H22Cl2N4O. The van der Waals surface area contributed by atoms with Gasteiger partial charge in [-0.05, 0) is 61.6 Å². The zero-order chi connectivity index (χ0) is 21.3. The Balaban J connectivity index is 1.66. The van der Waals surface area contributed by atoms with Gasteiger partial charge in [0.05, 0.1) is 28.2 Å². The van der Waals surface area contributed by atoms with Gasteiger partial charge in [-0.3, -0.25) is 9.78 Å². The molecule has 1 fully saturated rings. The molecule has 1 atom stereocenters. The maximum atomic E-state index is 13.2. The molecule has 4 rings (SSSR count). The number of rotatable bonds is 4. The molecule has 0 N–H and O–H groups in total. The van der Waals surface area contributed by atoms with Crippen LogP contribution in [0.5, 0.6) is 0 Å². The molecule has 30 heavy (non-hydrogen) atoms. The number of aryl methyl sites for hydroxylation is 2. The van der Waals surface area contributed by atoms with Crippen molar-refractivity contribution in [3.05, 3.63) is 75.5 Å². The Labute approximate surface area is 186 Å². The maximum Gasteiger partial charge on any atom is 0.227 e. The maximum absolute atomic E-state index is 13.2. The number of carbonyl (C=O) groups excluding carboxylic acids is 1. The summed E-state index contributed by atoms with van der Waals surface area (Å²) < 4.78 is 0. The molecule has 0 unspecified atom stereocenters. The molecule has 5 nitrogen and oxygen atoms in total.